The normalized spacial score (nSPS) is 10.0. The molecule has 2 rings (SSSR count). The molecule has 10 nitrogen and oxygen atoms in total. The molecule has 0 radical (unpaired) electrons. The Labute approximate surface area is 122 Å². The predicted octanol–water partition coefficient (Wildman–Crippen LogP) is 1.01. The largest absolute Gasteiger partial charge is 0.545 e. The van der Waals surface area contributed by atoms with Gasteiger partial charge in [0.05, 0.1) is 21.9 Å². The number of hydrogen-bond donors (Lipinski definition) is 1. The lowest BCUT2D eigenvalue weighted by Gasteiger charge is -2.07. The molecule has 0 atom stereocenters. The van der Waals surface area contributed by atoms with E-state index in [4.69, 9.17) is 0 Å². The van der Waals surface area contributed by atoms with Crippen LogP contribution in [-0.4, -0.2) is 20.8 Å². The van der Waals surface area contributed by atoms with Crippen LogP contribution in [0.4, 0.5) is 22.9 Å². The van der Waals surface area contributed by atoms with Crippen LogP contribution in [0.1, 0.15) is 10.4 Å². The van der Waals surface area contributed by atoms with E-state index in [-0.39, 0.29) is 11.4 Å². The summed E-state index contributed by atoms with van der Waals surface area (Å²) in [7, 11) is 0. The number of nitrogens with zero attached hydrogens (tertiary/aromatic N) is 3. The summed E-state index contributed by atoms with van der Waals surface area (Å²) in [5.41, 5.74) is -0.811. The number of carboxylic acids is 1. The van der Waals surface area contributed by atoms with Crippen molar-refractivity contribution in [3.8, 4) is 0 Å². The average molecular weight is 303 g/mol. The average Bonchev–Trinajstić information content (AvgIpc) is 2.47. The third-order valence-corrected chi connectivity index (χ3v) is 2.64. The zero-order valence-corrected chi connectivity index (χ0v) is 10.8. The monoisotopic (exact) mass is 303 g/mol. The number of anilines is 2. The summed E-state index contributed by atoms with van der Waals surface area (Å²) in [5, 5.41) is 34.8. The molecule has 1 N–H and O–H groups in total. The summed E-state index contributed by atoms with van der Waals surface area (Å²) in [6.45, 7) is 0. The Bertz CT molecular complexity index is 759. The summed E-state index contributed by atoms with van der Waals surface area (Å²) in [5.74, 6) is -1.55. The van der Waals surface area contributed by atoms with Crippen molar-refractivity contribution >= 4 is 28.8 Å². The number of rotatable bonds is 5. The number of benzene rings is 1. The van der Waals surface area contributed by atoms with Gasteiger partial charge >= 0.3 is 5.69 Å². The van der Waals surface area contributed by atoms with Crippen LogP contribution >= 0.6 is 0 Å². The minimum absolute atomic E-state index is 0.0586. The zero-order valence-electron chi connectivity index (χ0n) is 10.8. The number of aromatic carboxylic acids is 1. The maximum atomic E-state index is 10.9. The van der Waals surface area contributed by atoms with Crippen molar-refractivity contribution in [2.24, 2.45) is 0 Å². The standard InChI is InChI=1S/C12H8N4O6/c17-12(18)7-1-3-8(4-2-7)14-11-10(16(21)22)5-9(6-13-11)15(19)20/h1-6H,(H,13,14)(H,17,18)/p-1. The number of nitrogens with one attached hydrogen (secondary N) is 1. The lowest BCUT2D eigenvalue weighted by atomic mass is 10.2. The molecule has 0 saturated heterocycles. The molecule has 2 aromatic rings. The zero-order chi connectivity index (χ0) is 16.3. The van der Waals surface area contributed by atoms with E-state index in [0.717, 1.165) is 12.3 Å². The number of carbonyl (C=O) groups excluding carboxylic acids is 1. The molecule has 10 heteroatoms. The molecule has 112 valence electrons. The number of carbonyl (C=O) groups is 1. The Balaban J connectivity index is 2.34. The Hall–Kier alpha value is -3.56. The molecule has 1 heterocycles. The first kappa shape index (κ1) is 14.8. The molecular formula is C12H7N4O6-. The maximum absolute atomic E-state index is 10.9. The Morgan fingerprint density at radius 1 is 1.09 bits per heavy atom. The lowest BCUT2D eigenvalue weighted by molar-refractivity contribution is -0.394. The van der Waals surface area contributed by atoms with Crippen LogP contribution in [0.15, 0.2) is 36.5 Å². The van der Waals surface area contributed by atoms with Crippen molar-refractivity contribution in [3.63, 3.8) is 0 Å². The van der Waals surface area contributed by atoms with E-state index in [1.165, 1.54) is 24.3 Å². The van der Waals surface area contributed by atoms with Crippen LogP contribution in [0.3, 0.4) is 0 Å². The molecule has 0 aliphatic heterocycles. The molecule has 0 amide bonds. The van der Waals surface area contributed by atoms with Crippen LogP contribution in [0.25, 0.3) is 0 Å². The summed E-state index contributed by atoms with van der Waals surface area (Å²) >= 11 is 0. The predicted molar refractivity (Wildman–Crippen MR) is 71.6 cm³/mol. The second-order valence-corrected chi connectivity index (χ2v) is 4.07. The Morgan fingerprint density at radius 3 is 2.23 bits per heavy atom. The molecule has 0 fully saturated rings. The highest BCUT2D eigenvalue weighted by Gasteiger charge is 2.21. The van der Waals surface area contributed by atoms with Gasteiger partial charge in [-0.05, 0) is 17.7 Å². The Morgan fingerprint density at radius 2 is 1.73 bits per heavy atom. The topological polar surface area (TPSA) is 151 Å². The van der Waals surface area contributed by atoms with Gasteiger partial charge in [0.2, 0.25) is 5.82 Å². The van der Waals surface area contributed by atoms with Gasteiger partial charge in [0.15, 0.2) is 0 Å². The first-order chi connectivity index (χ1) is 10.4. The molecule has 22 heavy (non-hydrogen) atoms. The number of hydrogen-bond acceptors (Lipinski definition) is 8. The van der Waals surface area contributed by atoms with Crippen LogP contribution in [-0.2, 0) is 0 Å². The summed E-state index contributed by atoms with van der Waals surface area (Å²) in [6.07, 6.45) is 0.880. The van der Waals surface area contributed by atoms with Gasteiger partial charge in [0, 0.05) is 5.69 Å². The molecular weight excluding hydrogens is 296 g/mol. The molecule has 1 aromatic carbocycles. The van der Waals surface area contributed by atoms with Crippen molar-refractivity contribution in [1.29, 1.82) is 0 Å². The van der Waals surface area contributed by atoms with E-state index in [9.17, 15) is 30.1 Å². The first-order valence-electron chi connectivity index (χ1n) is 5.75. The highest BCUT2D eigenvalue weighted by molar-refractivity contribution is 5.86. The minimum Gasteiger partial charge on any atom is -0.545 e. The quantitative estimate of drug-likeness (QED) is 0.634. The van der Waals surface area contributed by atoms with Crippen LogP contribution in [0.5, 0.6) is 0 Å². The van der Waals surface area contributed by atoms with Crippen LogP contribution < -0.4 is 10.4 Å². The van der Waals surface area contributed by atoms with E-state index in [1.54, 1.807) is 0 Å². The van der Waals surface area contributed by atoms with Gasteiger partial charge in [-0.25, -0.2) is 4.98 Å². The van der Waals surface area contributed by atoms with E-state index >= 15 is 0 Å². The fraction of sp³-hybridized carbons (Fsp3) is 0. The number of pyridine rings is 1. The second-order valence-electron chi connectivity index (χ2n) is 4.07. The SMILES string of the molecule is O=C([O-])c1ccc(Nc2ncc([N+](=O)[O-])cc2[N+](=O)[O-])cc1. The molecule has 0 aliphatic rings. The summed E-state index contributed by atoms with van der Waals surface area (Å²) < 4.78 is 0. The van der Waals surface area contributed by atoms with Gasteiger partial charge in [0.1, 0.15) is 6.20 Å². The van der Waals surface area contributed by atoms with Gasteiger partial charge < -0.3 is 15.2 Å². The fourth-order valence-corrected chi connectivity index (χ4v) is 1.60. The summed E-state index contributed by atoms with van der Waals surface area (Å²) in [4.78, 5) is 34.2. The van der Waals surface area contributed by atoms with E-state index < -0.39 is 27.2 Å². The number of carboxylic acid groups (broad SMARTS) is 1. The molecule has 0 unspecified atom stereocenters. The van der Waals surface area contributed by atoms with Crippen LogP contribution in [0.2, 0.25) is 0 Å². The van der Waals surface area contributed by atoms with Crippen molar-refractivity contribution < 1.29 is 19.7 Å². The lowest BCUT2D eigenvalue weighted by Crippen LogP contribution is -2.21. The molecule has 0 bridgehead atoms. The fourth-order valence-electron chi connectivity index (χ4n) is 1.60. The van der Waals surface area contributed by atoms with Crippen molar-refractivity contribution in [1.82, 2.24) is 4.98 Å². The van der Waals surface area contributed by atoms with Gasteiger partial charge in [-0.3, -0.25) is 20.2 Å². The van der Waals surface area contributed by atoms with Crippen molar-refractivity contribution in [2.75, 3.05) is 5.32 Å². The van der Waals surface area contributed by atoms with Crippen molar-refractivity contribution in [3.05, 3.63) is 62.3 Å². The minimum atomic E-state index is -1.36. The van der Waals surface area contributed by atoms with Gasteiger partial charge in [-0.15, -0.1) is 0 Å². The van der Waals surface area contributed by atoms with Crippen LogP contribution in [0, 0.1) is 20.2 Å². The van der Waals surface area contributed by atoms with E-state index in [2.05, 4.69) is 10.3 Å². The third-order valence-electron chi connectivity index (χ3n) is 2.64. The maximum Gasteiger partial charge on any atom is 0.318 e. The van der Waals surface area contributed by atoms with Gasteiger partial charge in [-0.1, -0.05) is 12.1 Å². The smallest absolute Gasteiger partial charge is 0.318 e. The highest BCUT2D eigenvalue weighted by Crippen LogP contribution is 2.28. The van der Waals surface area contributed by atoms with E-state index in [1.807, 2.05) is 0 Å². The Kier molecular flexibility index (Phi) is 3.93. The van der Waals surface area contributed by atoms with Gasteiger partial charge in [0.25, 0.3) is 5.69 Å². The molecule has 0 spiro atoms. The second kappa shape index (κ2) is 5.83. The third kappa shape index (κ3) is 3.12. The summed E-state index contributed by atoms with van der Waals surface area (Å²) in [6, 6.07) is 5.99. The highest BCUT2D eigenvalue weighted by atomic mass is 16.6. The number of aromatic nitrogens is 1. The first-order valence-corrected chi connectivity index (χ1v) is 5.75. The number of nitro groups is 2. The van der Waals surface area contributed by atoms with Gasteiger partial charge in [-0.2, -0.15) is 0 Å². The van der Waals surface area contributed by atoms with E-state index in [0.29, 0.717) is 5.69 Å². The van der Waals surface area contributed by atoms with Crippen molar-refractivity contribution in [2.45, 2.75) is 0 Å². The molecule has 1 aromatic heterocycles. The molecule has 0 saturated carbocycles. The molecule has 0 aliphatic carbocycles.